The van der Waals surface area contributed by atoms with Crippen molar-refractivity contribution in [3.05, 3.63) is 0 Å². The minimum absolute atomic E-state index is 0.156. The highest BCUT2D eigenvalue weighted by Crippen LogP contribution is 2.61. The van der Waals surface area contributed by atoms with Crippen molar-refractivity contribution in [2.75, 3.05) is 39.5 Å². The number of aliphatic hydroxyl groups excluding tert-OH is 1. The highest BCUT2D eigenvalue weighted by molar-refractivity contribution is 5.13. The van der Waals surface area contributed by atoms with Gasteiger partial charge < -0.3 is 14.7 Å². The van der Waals surface area contributed by atoms with Gasteiger partial charge >= 0.3 is 0 Å². The number of hydrogen-bond acceptors (Lipinski definition) is 3. The Labute approximate surface area is 87.0 Å². The standard InChI is InChI=1S/C10H15F2NO2/c11-10(12)1-9(10,5-14)4-13-2-8(3-13)6-15-7-8/h14H,1-7H2. The van der Waals surface area contributed by atoms with E-state index in [1.165, 1.54) is 0 Å². The van der Waals surface area contributed by atoms with Gasteiger partial charge in [0.2, 0.25) is 0 Å². The Morgan fingerprint density at radius 2 is 1.87 bits per heavy atom. The lowest BCUT2D eigenvalue weighted by Gasteiger charge is -2.55. The summed E-state index contributed by atoms with van der Waals surface area (Å²) in [5.74, 6) is -2.65. The molecular weight excluding hydrogens is 204 g/mol. The van der Waals surface area contributed by atoms with E-state index in [0.29, 0.717) is 6.54 Å². The number of halogens is 2. The van der Waals surface area contributed by atoms with Gasteiger partial charge in [0.15, 0.2) is 0 Å². The van der Waals surface area contributed by atoms with Crippen LogP contribution in [0.5, 0.6) is 0 Å². The zero-order valence-corrected chi connectivity index (χ0v) is 8.51. The summed E-state index contributed by atoms with van der Waals surface area (Å²) in [4.78, 5) is 2.01. The van der Waals surface area contributed by atoms with Crippen molar-refractivity contribution >= 4 is 0 Å². The molecule has 0 aromatic heterocycles. The van der Waals surface area contributed by atoms with Crippen molar-refractivity contribution in [2.24, 2.45) is 10.8 Å². The zero-order valence-electron chi connectivity index (χ0n) is 8.51. The Hall–Kier alpha value is -0.260. The summed E-state index contributed by atoms with van der Waals surface area (Å²) in [7, 11) is 0. The fourth-order valence-corrected chi connectivity index (χ4v) is 2.79. The highest BCUT2D eigenvalue weighted by Gasteiger charge is 2.71. The van der Waals surface area contributed by atoms with Gasteiger partial charge in [-0.3, -0.25) is 0 Å². The summed E-state index contributed by atoms with van der Waals surface area (Å²) in [6.07, 6.45) is -0.156. The minimum atomic E-state index is -2.65. The van der Waals surface area contributed by atoms with Gasteiger partial charge in [0.25, 0.3) is 5.92 Å². The topological polar surface area (TPSA) is 32.7 Å². The maximum Gasteiger partial charge on any atom is 0.258 e. The van der Waals surface area contributed by atoms with E-state index in [9.17, 15) is 8.78 Å². The first kappa shape index (κ1) is 9.93. The first-order valence-corrected chi connectivity index (χ1v) is 5.30. The van der Waals surface area contributed by atoms with E-state index in [1.807, 2.05) is 4.90 Å². The van der Waals surface area contributed by atoms with Gasteiger partial charge in [-0.25, -0.2) is 8.78 Å². The molecule has 3 fully saturated rings. The maximum absolute atomic E-state index is 13.0. The van der Waals surface area contributed by atoms with Crippen LogP contribution in [0.2, 0.25) is 0 Å². The van der Waals surface area contributed by atoms with Gasteiger partial charge in [0, 0.05) is 31.5 Å². The smallest absolute Gasteiger partial charge is 0.258 e. The lowest BCUT2D eigenvalue weighted by molar-refractivity contribution is -0.194. The third-order valence-corrected chi connectivity index (χ3v) is 3.97. The van der Waals surface area contributed by atoms with Crippen LogP contribution in [0.1, 0.15) is 6.42 Å². The summed E-state index contributed by atoms with van der Waals surface area (Å²) in [6.45, 7) is 3.17. The van der Waals surface area contributed by atoms with Crippen LogP contribution in [-0.2, 0) is 4.74 Å². The molecule has 3 rings (SSSR count). The fourth-order valence-electron chi connectivity index (χ4n) is 2.79. The van der Waals surface area contributed by atoms with Crippen LogP contribution in [0.25, 0.3) is 0 Å². The van der Waals surface area contributed by atoms with Gasteiger partial charge in [-0.15, -0.1) is 0 Å². The van der Waals surface area contributed by atoms with E-state index < -0.39 is 17.9 Å². The Morgan fingerprint density at radius 1 is 1.27 bits per heavy atom. The molecule has 2 aliphatic heterocycles. The summed E-state index contributed by atoms with van der Waals surface area (Å²) in [5.41, 5.74) is -0.875. The summed E-state index contributed by atoms with van der Waals surface area (Å²) < 4.78 is 31.2. The number of likely N-dealkylation sites (tertiary alicyclic amines) is 1. The monoisotopic (exact) mass is 219 g/mol. The van der Waals surface area contributed by atoms with Gasteiger partial charge in [-0.2, -0.15) is 0 Å². The number of nitrogens with zero attached hydrogens (tertiary/aromatic N) is 1. The molecule has 0 bridgehead atoms. The number of rotatable bonds is 3. The lowest BCUT2D eigenvalue weighted by Crippen LogP contribution is -2.66. The van der Waals surface area contributed by atoms with Crippen LogP contribution in [0.4, 0.5) is 8.78 Å². The van der Waals surface area contributed by atoms with Crippen molar-refractivity contribution in [1.29, 1.82) is 0 Å². The predicted octanol–water partition coefficient (Wildman–Crippen LogP) is 0.336. The number of hydrogen-bond donors (Lipinski definition) is 1. The van der Waals surface area contributed by atoms with Crippen molar-refractivity contribution in [3.63, 3.8) is 0 Å². The number of ether oxygens (including phenoxy) is 1. The van der Waals surface area contributed by atoms with Gasteiger partial charge in [0.1, 0.15) is 0 Å². The molecule has 2 heterocycles. The maximum atomic E-state index is 13.0. The largest absolute Gasteiger partial charge is 0.396 e. The third-order valence-electron chi connectivity index (χ3n) is 3.97. The van der Waals surface area contributed by atoms with Crippen molar-refractivity contribution < 1.29 is 18.6 Å². The molecule has 1 saturated carbocycles. The molecule has 1 atom stereocenters. The van der Waals surface area contributed by atoms with E-state index in [-0.39, 0.29) is 11.8 Å². The van der Waals surface area contributed by atoms with Crippen LogP contribution < -0.4 is 0 Å². The minimum Gasteiger partial charge on any atom is -0.396 e. The lowest BCUT2D eigenvalue weighted by atomic mass is 9.77. The van der Waals surface area contributed by atoms with E-state index in [1.54, 1.807) is 0 Å². The fraction of sp³-hybridized carbons (Fsp3) is 1.00. The quantitative estimate of drug-likeness (QED) is 0.742. The second-order valence-corrected chi connectivity index (χ2v) is 5.46. The molecule has 0 radical (unpaired) electrons. The van der Waals surface area contributed by atoms with Gasteiger partial charge in [-0.05, 0) is 0 Å². The Balaban J connectivity index is 1.55. The normalized spacial score (nSPS) is 41.0. The first-order chi connectivity index (χ1) is 7.01. The van der Waals surface area contributed by atoms with Crippen molar-refractivity contribution in [1.82, 2.24) is 4.90 Å². The molecule has 3 aliphatic rings. The summed E-state index contributed by atoms with van der Waals surface area (Å²) in [5, 5.41) is 9.03. The number of alkyl halides is 2. The Morgan fingerprint density at radius 3 is 2.20 bits per heavy atom. The first-order valence-electron chi connectivity index (χ1n) is 5.30. The zero-order chi connectivity index (χ0) is 10.7. The predicted molar refractivity (Wildman–Crippen MR) is 48.8 cm³/mol. The summed E-state index contributed by atoms with van der Waals surface area (Å²) in [6, 6.07) is 0. The highest BCUT2D eigenvalue weighted by atomic mass is 19.3. The molecule has 0 amide bonds. The average molecular weight is 219 g/mol. The molecule has 1 N–H and O–H groups in total. The van der Waals surface area contributed by atoms with E-state index in [2.05, 4.69) is 0 Å². The molecule has 5 heteroatoms. The van der Waals surface area contributed by atoms with Crippen LogP contribution in [0.15, 0.2) is 0 Å². The third kappa shape index (κ3) is 1.26. The SMILES string of the molecule is OCC1(CN2CC3(COC3)C2)CC1(F)F. The van der Waals surface area contributed by atoms with Crippen molar-refractivity contribution in [3.8, 4) is 0 Å². The molecule has 1 unspecified atom stereocenters. The van der Waals surface area contributed by atoms with E-state index in [4.69, 9.17) is 9.84 Å². The second-order valence-electron chi connectivity index (χ2n) is 5.46. The Bertz CT molecular complexity index is 285. The van der Waals surface area contributed by atoms with Gasteiger partial charge in [0.05, 0.1) is 25.2 Å². The Kier molecular flexibility index (Phi) is 1.79. The second kappa shape index (κ2) is 2.70. The average Bonchev–Trinajstić information content (AvgIpc) is 2.57. The molecule has 86 valence electrons. The van der Waals surface area contributed by atoms with Crippen LogP contribution in [0.3, 0.4) is 0 Å². The van der Waals surface area contributed by atoms with Gasteiger partial charge in [-0.1, -0.05) is 0 Å². The molecule has 3 nitrogen and oxygen atoms in total. The van der Waals surface area contributed by atoms with Crippen molar-refractivity contribution in [2.45, 2.75) is 12.3 Å². The molecule has 0 aromatic carbocycles. The van der Waals surface area contributed by atoms with Crippen LogP contribution >= 0.6 is 0 Å². The molecule has 1 spiro atoms. The molecule has 0 aromatic rings. The summed E-state index contributed by atoms with van der Waals surface area (Å²) >= 11 is 0. The molecular formula is C10H15F2NO2. The number of aliphatic hydroxyl groups is 1. The molecule has 15 heavy (non-hydrogen) atoms. The van der Waals surface area contributed by atoms with E-state index >= 15 is 0 Å². The molecule has 2 saturated heterocycles. The van der Waals surface area contributed by atoms with Crippen LogP contribution in [0, 0.1) is 10.8 Å². The van der Waals surface area contributed by atoms with Crippen LogP contribution in [-0.4, -0.2) is 55.4 Å². The molecule has 1 aliphatic carbocycles. The van der Waals surface area contributed by atoms with E-state index in [0.717, 1.165) is 26.3 Å².